The van der Waals surface area contributed by atoms with Crippen LogP contribution >= 0.6 is 11.3 Å². The zero-order chi connectivity index (χ0) is 20.4. The number of aromatic nitrogens is 2. The number of nitrogens with zero attached hydrogens (tertiary/aromatic N) is 2. The minimum absolute atomic E-state index is 0.0998. The molecule has 2 heterocycles. The number of halogens is 1. The summed E-state index contributed by atoms with van der Waals surface area (Å²) in [5, 5.41) is 4.65. The molecular formula is C22H18FN3O2S. The third-order valence-corrected chi connectivity index (χ3v) is 5.58. The molecule has 7 heteroatoms. The minimum Gasteiger partial charge on any atom is -0.350 e. The van der Waals surface area contributed by atoms with Gasteiger partial charge in [-0.15, -0.1) is 11.3 Å². The highest BCUT2D eigenvalue weighted by molar-refractivity contribution is 7.17. The largest absolute Gasteiger partial charge is 0.350 e. The summed E-state index contributed by atoms with van der Waals surface area (Å²) in [6.07, 6.45) is 1.38. The number of carbonyl (C=O) groups is 1. The fourth-order valence-electron chi connectivity index (χ4n) is 3.01. The number of benzene rings is 2. The van der Waals surface area contributed by atoms with Gasteiger partial charge in [-0.2, -0.15) is 0 Å². The summed E-state index contributed by atoms with van der Waals surface area (Å²) in [5.41, 5.74) is 4.01. The highest BCUT2D eigenvalue weighted by Crippen LogP contribution is 2.30. The first-order chi connectivity index (χ1) is 14.0. The van der Waals surface area contributed by atoms with E-state index in [-0.39, 0.29) is 23.8 Å². The molecule has 1 N–H and O–H groups in total. The second kappa shape index (κ2) is 7.97. The number of carbonyl (C=O) groups excluding carboxylic acids is 1. The Balaban J connectivity index is 1.52. The molecule has 1 amide bonds. The molecule has 0 saturated heterocycles. The van der Waals surface area contributed by atoms with Crippen molar-refractivity contribution in [2.24, 2.45) is 0 Å². The second-order valence-electron chi connectivity index (χ2n) is 6.77. The maximum atomic E-state index is 13.2. The van der Waals surface area contributed by atoms with Crippen LogP contribution in [-0.4, -0.2) is 15.5 Å². The summed E-state index contributed by atoms with van der Waals surface area (Å²) in [4.78, 5) is 29.4. The molecule has 4 rings (SSSR count). The van der Waals surface area contributed by atoms with Crippen LogP contribution in [0.5, 0.6) is 0 Å². The molecule has 0 fully saturated rings. The van der Waals surface area contributed by atoms with Gasteiger partial charge >= 0.3 is 0 Å². The molecule has 0 spiro atoms. The summed E-state index contributed by atoms with van der Waals surface area (Å²) >= 11 is 1.27. The molecule has 0 unspecified atom stereocenters. The molecule has 0 atom stereocenters. The van der Waals surface area contributed by atoms with Crippen LogP contribution < -0.4 is 10.9 Å². The normalized spacial score (nSPS) is 11.0. The van der Waals surface area contributed by atoms with Gasteiger partial charge < -0.3 is 5.32 Å². The highest BCUT2D eigenvalue weighted by atomic mass is 32.1. The van der Waals surface area contributed by atoms with Crippen molar-refractivity contribution in [2.45, 2.75) is 20.0 Å². The highest BCUT2D eigenvalue weighted by Gasteiger charge is 2.14. The third kappa shape index (κ3) is 4.09. The van der Waals surface area contributed by atoms with Crippen LogP contribution in [-0.2, 0) is 17.9 Å². The number of fused-ring (bicyclic) bond motifs is 1. The summed E-state index contributed by atoms with van der Waals surface area (Å²) in [6.45, 7) is 2.30. The molecule has 0 saturated carbocycles. The van der Waals surface area contributed by atoms with Crippen LogP contribution in [0.3, 0.4) is 0 Å². The molecule has 0 aliphatic rings. The second-order valence-corrected chi connectivity index (χ2v) is 7.65. The van der Waals surface area contributed by atoms with E-state index in [9.17, 15) is 14.0 Å². The zero-order valence-corrected chi connectivity index (χ0v) is 16.5. The summed E-state index contributed by atoms with van der Waals surface area (Å²) in [5.74, 6) is -0.579. The molecule has 4 aromatic rings. The molecule has 5 nitrogen and oxygen atoms in total. The van der Waals surface area contributed by atoms with Gasteiger partial charge in [-0.25, -0.2) is 9.37 Å². The first-order valence-corrected chi connectivity index (χ1v) is 9.94. The lowest BCUT2D eigenvalue weighted by Crippen LogP contribution is -2.31. The van der Waals surface area contributed by atoms with E-state index in [1.807, 2.05) is 36.6 Å². The molecule has 0 bridgehead atoms. The Kier molecular flexibility index (Phi) is 5.22. The fraction of sp³-hybridized carbons (Fsp3) is 0.136. The maximum Gasteiger partial charge on any atom is 0.271 e. The van der Waals surface area contributed by atoms with Gasteiger partial charge in [0.15, 0.2) is 0 Å². The van der Waals surface area contributed by atoms with Crippen LogP contribution in [0.1, 0.15) is 11.1 Å². The zero-order valence-electron chi connectivity index (χ0n) is 15.7. The quantitative estimate of drug-likeness (QED) is 0.546. The summed E-state index contributed by atoms with van der Waals surface area (Å²) in [6, 6.07) is 13.9. The number of aryl methyl sites for hydroxylation is 1. The van der Waals surface area contributed by atoms with Crippen molar-refractivity contribution >= 4 is 27.5 Å². The van der Waals surface area contributed by atoms with E-state index in [1.54, 1.807) is 12.1 Å². The lowest BCUT2D eigenvalue weighted by Gasteiger charge is -2.08. The van der Waals surface area contributed by atoms with Crippen LogP contribution in [0.2, 0.25) is 0 Å². The SMILES string of the molecule is Cc1ccc(CNC(=O)Cn2cnc3c(-c4ccc(F)cc4)csc3c2=O)cc1. The Bertz CT molecular complexity index is 1230. The van der Waals surface area contributed by atoms with Crippen LogP contribution in [0.4, 0.5) is 4.39 Å². The van der Waals surface area contributed by atoms with E-state index in [4.69, 9.17) is 0 Å². The van der Waals surface area contributed by atoms with E-state index in [0.717, 1.165) is 22.3 Å². The third-order valence-electron chi connectivity index (χ3n) is 4.63. The maximum absolute atomic E-state index is 13.2. The number of rotatable bonds is 5. The first kappa shape index (κ1) is 19.0. The van der Waals surface area contributed by atoms with Gasteiger partial charge in [0.05, 0.1) is 11.8 Å². The number of thiophene rings is 1. The molecule has 0 radical (unpaired) electrons. The predicted molar refractivity (Wildman–Crippen MR) is 112 cm³/mol. The average molecular weight is 407 g/mol. The van der Waals surface area contributed by atoms with Gasteiger partial charge in [-0.3, -0.25) is 14.2 Å². The van der Waals surface area contributed by atoms with Gasteiger partial charge in [0.1, 0.15) is 17.1 Å². The van der Waals surface area contributed by atoms with Crippen molar-refractivity contribution in [3.63, 3.8) is 0 Å². The van der Waals surface area contributed by atoms with Crippen molar-refractivity contribution in [2.75, 3.05) is 0 Å². The molecule has 0 aliphatic heterocycles. The van der Waals surface area contributed by atoms with E-state index in [0.29, 0.717) is 16.8 Å². The molecule has 146 valence electrons. The lowest BCUT2D eigenvalue weighted by atomic mass is 10.1. The van der Waals surface area contributed by atoms with Crippen LogP contribution in [0, 0.1) is 12.7 Å². The number of hydrogen-bond donors (Lipinski definition) is 1. The van der Waals surface area contributed by atoms with Crippen LogP contribution in [0.15, 0.2) is 65.0 Å². The van der Waals surface area contributed by atoms with Gasteiger partial charge in [0.25, 0.3) is 5.56 Å². The van der Waals surface area contributed by atoms with Crippen molar-refractivity contribution in [3.05, 3.63) is 87.5 Å². The van der Waals surface area contributed by atoms with Crippen LogP contribution in [0.25, 0.3) is 21.3 Å². The molecule has 0 aliphatic carbocycles. The Morgan fingerprint density at radius 2 is 1.86 bits per heavy atom. The molecular weight excluding hydrogens is 389 g/mol. The Hall–Kier alpha value is -3.32. The summed E-state index contributed by atoms with van der Waals surface area (Å²) in [7, 11) is 0. The molecule has 29 heavy (non-hydrogen) atoms. The smallest absolute Gasteiger partial charge is 0.271 e. The predicted octanol–water partition coefficient (Wildman–Crippen LogP) is 3.89. The number of hydrogen-bond acceptors (Lipinski definition) is 4. The number of amides is 1. The Labute approximate surface area is 170 Å². The fourth-order valence-corrected chi connectivity index (χ4v) is 3.98. The van der Waals surface area contributed by atoms with E-state index < -0.39 is 0 Å². The molecule has 2 aromatic carbocycles. The van der Waals surface area contributed by atoms with Crippen molar-refractivity contribution in [1.82, 2.24) is 14.9 Å². The number of nitrogens with one attached hydrogen (secondary N) is 1. The summed E-state index contributed by atoms with van der Waals surface area (Å²) < 4.78 is 14.9. The van der Waals surface area contributed by atoms with E-state index >= 15 is 0 Å². The van der Waals surface area contributed by atoms with Crippen molar-refractivity contribution in [1.29, 1.82) is 0 Å². The molecule has 2 aromatic heterocycles. The topological polar surface area (TPSA) is 64.0 Å². The van der Waals surface area contributed by atoms with E-state index in [1.165, 1.54) is 34.4 Å². The van der Waals surface area contributed by atoms with Gasteiger partial charge in [0, 0.05) is 17.5 Å². The van der Waals surface area contributed by atoms with E-state index in [2.05, 4.69) is 10.3 Å². The van der Waals surface area contributed by atoms with Gasteiger partial charge in [0.2, 0.25) is 5.91 Å². The van der Waals surface area contributed by atoms with Gasteiger partial charge in [-0.05, 0) is 30.2 Å². The van der Waals surface area contributed by atoms with Crippen molar-refractivity contribution in [3.8, 4) is 11.1 Å². The van der Waals surface area contributed by atoms with Gasteiger partial charge in [-0.1, -0.05) is 42.0 Å². The standard InChI is InChI=1S/C22H18FN3O2S/c1-14-2-4-15(5-3-14)10-24-19(27)11-26-13-25-20-18(12-29-21(20)22(26)28)16-6-8-17(23)9-7-16/h2-9,12-13H,10-11H2,1H3,(H,24,27). The Morgan fingerprint density at radius 1 is 1.14 bits per heavy atom. The minimum atomic E-state index is -0.319. The monoisotopic (exact) mass is 407 g/mol. The Morgan fingerprint density at radius 3 is 2.59 bits per heavy atom. The van der Waals surface area contributed by atoms with Crippen molar-refractivity contribution < 1.29 is 9.18 Å². The first-order valence-electron chi connectivity index (χ1n) is 9.06. The average Bonchev–Trinajstić information content (AvgIpc) is 3.15. The lowest BCUT2D eigenvalue weighted by molar-refractivity contribution is -0.121.